The average Bonchev–Trinajstić information content (AvgIpc) is 2.21. The van der Waals surface area contributed by atoms with Gasteiger partial charge in [0, 0.05) is 5.69 Å². The molecular formula is C11H14N2O3. The summed E-state index contributed by atoms with van der Waals surface area (Å²) in [5.41, 5.74) is 6.65. The van der Waals surface area contributed by atoms with Crippen molar-refractivity contribution < 1.29 is 14.3 Å². The van der Waals surface area contributed by atoms with E-state index in [9.17, 15) is 9.59 Å². The molecule has 5 heteroatoms. The minimum atomic E-state index is -0.592. The van der Waals surface area contributed by atoms with Crippen LogP contribution in [0.25, 0.3) is 0 Å². The van der Waals surface area contributed by atoms with Gasteiger partial charge < -0.3 is 10.5 Å². The zero-order chi connectivity index (χ0) is 12.0. The van der Waals surface area contributed by atoms with Crippen molar-refractivity contribution in [1.29, 1.82) is 0 Å². The second kappa shape index (κ2) is 5.75. The molecule has 0 unspecified atom stereocenters. The first-order valence-corrected chi connectivity index (χ1v) is 4.86. The largest absolute Gasteiger partial charge is 0.449 e. The zero-order valence-electron chi connectivity index (χ0n) is 9.03. The first-order chi connectivity index (χ1) is 7.58. The molecule has 0 spiro atoms. The van der Waals surface area contributed by atoms with Crippen molar-refractivity contribution in [3.8, 4) is 0 Å². The van der Waals surface area contributed by atoms with Gasteiger partial charge in [0.25, 0.3) is 0 Å². The Labute approximate surface area is 93.6 Å². The number of anilines is 1. The van der Waals surface area contributed by atoms with Gasteiger partial charge >= 0.3 is 6.09 Å². The summed E-state index contributed by atoms with van der Waals surface area (Å²) in [6, 6.07) is 7.29. The van der Waals surface area contributed by atoms with Gasteiger partial charge in [0.1, 0.15) is 6.61 Å². The lowest BCUT2D eigenvalue weighted by molar-refractivity contribution is -0.118. The fourth-order valence-electron chi connectivity index (χ4n) is 1.04. The monoisotopic (exact) mass is 222 g/mol. The van der Waals surface area contributed by atoms with E-state index in [-0.39, 0.29) is 13.0 Å². The molecule has 0 heterocycles. The van der Waals surface area contributed by atoms with E-state index >= 15 is 0 Å². The molecule has 5 nitrogen and oxygen atoms in total. The normalized spacial score (nSPS) is 9.56. The van der Waals surface area contributed by atoms with E-state index in [4.69, 9.17) is 10.5 Å². The van der Waals surface area contributed by atoms with Crippen LogP contribution in [0.4, 0.5) is 10.5 Å². The number of benzene rings is 1. The number of ether oxygens (including phenoxy) is 1. The average molecular weight is 222 g/mol. The maximum absolute atomic E-state index is 11.2. The summed E-state index contributed by atoms with van der Waals surface area (Å²) in [5, 5.41) is 2.53. The Balaban J connectivity index is 2.34. The van der Waals surface area contributed by atoms with Gasteiger partial charge in [0.15, 0.2) is 0 Å². The Morgan fingerprint density at radius 1 is 1.31 bits per heavy atom. The maximum atomic E-state index is 11.2. The topological polar surface area (TPSA) is 81.4 Å². The van der Waals surface area contributed by atoms with Crippen molar-refractivity contribution in [2.24, 2.45) is 5.73 Å². The molecule has 16 heavy (non-hydrogen) atoms. The molecule has 0 saturated heterocycles. The van der Waals surface area contributed by atoms with Crippen molar-refractivity contribution in [2.75, 3.05) is 11.9 Å². The number of carbonyl (C=O) groups excluding carboxylic acids is 2. The third-order valence-electron chi connectivity index (χ3n) is 1.88. The van der Waals surface area contributed by atoms with E-state index in [0.717, 1.165) is 5.56 Å². The van der Waals surface area contributed by atoms with Gasteiger partial charge in [0.05, 0.1) is 6.42 Å². The summed E-state index contributed by atoms with van der Waals surface area (Å²) in [5.74, 6) is -0.497. The predicted octanol–water partition coefficient (Wildman–Crippen LogP) is 1.42. The van der Waals surface area contributed by atoms with Gasteiger partial charge in [0.2, 0.25) is 5.91 Å². The van der Waals surface area contributed by atoms with Crippen LogP contribution in [-0.4, -0.2) is 18.6 Å². The molecule has 1 aromatic rings. The standard InChI is InChI=1S/C11H14N2O3/c1-8-2-4-9(5-3-8)13-11(15)16-7-6-10(12)14/h2-5H,6-7H2,1H3,(H2,12,14)(H,13,15). The Bertz CT molecular complexity index is 373. The van der Waals surface area contributed by atoms with Crippen LogP contribution in [0.2, 0.25) is 0 Å². The van der Waals surface area contributed by atoms with Gasteiger partial charge in [-0.15, -0.1) is 0 Å². The maximum Gasteiger partial charge on any atom is 0.411 e. The van der Waals surface area contributed by atoms with Crippen molar-refractivity contribution in [3.05, 3.63) is 29.8 Å². The Kier molecular flexibility index (Phi) is 4.32. The Hall–Kier alpha value is -2.04. The fourth-order valence-corrected chi connectivity index (χ4v) is 1.04. The number of hydrogen-bond acceptors (Lipinski definition) is 3. The highest BCUT2D eigenvalue weighted by atomic mass is 16.5. The summed E-state index contributed by atoms with van der Waals surface area (Å²) < 4.78 is 4.74. The number of primary amides is 1. The van der Waals surface area contributed by atoms with Crippen LogP contribution in [-0.2, 0) is 9.53 Å². The van der Waals surface area contributed by atoms with Crippen LogP contribution >= 0.6 is 0 Å². The molecule has 1 aromatic carbocycles. The number of rotatable bonds is 4. The van der Waals surface area contributed by atoms with Crippen LogP contribution in [0.5, 0.6) is 0 Å². The summed E-state index contributed by atoms with van der Waals surface area (Å²) in [4.78, 5) is 21.6. The highest BCUT2D eigenvalue weighted by Gasteiger charge is 2.03. The second-order valence-electron chi connectivity index (χ2n) is 3.34. The van der Waals surface area contributed by atoms with Crippen LogP contribution < -0.4 is 11.1 Å². The van der Waals surface area contributed by atoms with E-state index in [1.165, 1.54) is 0 Å². The van der Waals surface area contributed by atoms with Crippen molar-refractivity contribution in [1.82, 2.24) is 0 Å². The third-order valence-corrected chi connectivity index (χ3v) is 1.88. The molecule has 0 radical (unpaired) electrons. The molecule has 0 aliphatic carbocycles. The SMILES string of the molecule is Cc1ccc(NC(=O)OCCC(N)=O)cc1. The lowest BCUT2D eigenvalue weighted by Gasteiger charge is -2.06. The first-order valence-electron chi connectivity index (χ1n) is 4.86. The Morgan fingerprint density at radius 2 is 1.94 bits per heavy atom. The van der Waals surface area contributed by atoms with E-state index < -0.39 is 12.0 Å². The third kappa shape index (κ3) is 4.45. The summed E-state index contributed by atoms with van der Waals surface area (Å²) in [6.45, 7) is 1.95. The molecule has 0 bridgehead atoms. The van der Waals surface area contributed by atoms with Crippen LogP contribution in [0, 0.1) is 6.92 Å². The van der Waals surface area contributed by atoms with Crippen molar-refractivity contribution in [2.45, 2.75) is 13.3 Å². The molecule has 86 valence electrons. The number of amides is 2. The number of aryl methyl sites for hydroxylation is 1. The zero-order valence-corrected chi connectivity index (χ0v) is 9.03. The minimum absolute atomic E-state index is 0.00692. The molecular weight excluding hydrogens is 208 g/mol. The predicted molar refractivity (Wildman–Crippen MR) is 60.0 cm³/mol. The van der Waals surface area contributed by atoms with Crippen molar-refractivity contribution in [3.63, 3.8) is 0 Å². The summed E-state index contributed by atoms with van der Waals surface area (Å²) in [7, 11) is 0. The van der Waals surface area contributed by atoms with Gasteiger partial charge in [-0.3, -0.25) is 10.1 Å². The van der Waals surface area contributed by atoms with E-state index in [2.05, 4.69) is 5.32 Å². The summed E-state index contributed by atoms with van der Waals surface area (Å²) in [6.07, 6.45) is -0.563. The molecule has 0 aliphatic heterocycles. The number of nitrogens with two attached hydrogens (primary N) is 1. The van der Waals surface area contributed by atoms with Crippen molar-refractivity contribution >= 4 is 17.7 Å². The van der Waals surface area contributed by atoms with E-state index in [1.54, 1.807) is 12.1 Å². The molecule has 0 aromatic heterocycles. The van der Waals surface area contributed by atoms with E-state index in [0.29, 0.717) is 5.69 Å². The molecule has 0 saturated carbocycles. The van der Waals surface area contributed by atoms with Crippen LogP contribution in [0.15, 0.2) is 24.3 Å². The molecule has 2 amide bonds. The van der Waals surface area contributed by atoms with Crippen LogP contribution in [0.1, 0.15) is 12.0 Å². The van der Waals surface area contributed by atoms with Gasteiger partial charge in [-0.05, 0) is 19.1 Å². The lowest BCUT2D eigenvalue weighted by atomic mass is 10.2. The number of nitrogens with one attached hydrogen (secondary N) is 1. The smallest absolute Gasteiger partial charge is 0.411 e. The fraction of sp³-hybridized carbons (Fsp3) is 0.273. The molecule has 3 N–H and O–H groups in total. The number of hydrogen-bond donors (Lipinski definition) is 2. The Morgan fingerprint density at radius 3 is 2.50 bits per heavy atom. The van der Waals surface area contributed by atoms with E-state index in [1.807, 2.05) is 19.1 Å². The molecule has 0 fully saturated rings. The molecule has 0 atom stereocenters. The highest BCUT2D eigenvalue weighted by molar-refractivity contribution is 5.84. The van der Waals surface area contributed by atoms with Crippen LogP contribution in [0.3, 0.4) is 0 Å². The minimum Gasteiger partial charge on any atom is -0.449 e. The lowest BCUT2D eigenvalue weighted by Crippen LogP contribution is -2.18. The quantitative estimate of drug-likeness (QED) is 0.808. The van der Waals surface area contributed by atoms with Gasteiger partial charge in [-0.2, -0.15) is 0 Å². The number of carbonyl (C=O) groups is 2. The van der Waals surface area contributed by atoms with Gasteiger partial charge in [-0.25, -0.2) is 4.79 Å². The summed E-state index contributed by atoms with van der Waals surface area (Å²) >= 11 is 0. The molecule has 1 rings (SSSR count). The second-order valence-corrected chi connectivity index (χ2v) is 3.34. The van der Waals surface area contributed by atoms with Gasteiger partial charge in [-0.1, -0.05) is 17.7 Å². The molecule has 0 aliphatic rings. The highest BCUT2D eigenvalue weighted by Crippen LogP contribution is 2.08. The first kappa shape index (κ1) is 12.0.